The number of carbonyl (C=O) groups is 1. The molecule has 0 saturated carbocycles. The van der Waals surface area contributed by atoms with Crippen molar-refractivity contribution < 1.29 is 9.90 Å². The molecule has 0 spiro atoms. The lowest BCUT2D eigenvalue weighted by molar-refractivity contribution is -0.137. The first kappa shape index (κ1) is 12.2. The average molecular weight is 225 g/mol. The van der Waals surface area contributed by atoms with Crippen LogP contribution in [0.5, 0.6) is 0 Å². The number of rotatable bonds is 5. The summed E-state index contributed by atoms with van der Waals surface area (Å²) in [6, 6.07) is 1.31. The van der Waals surface area contributed by atoms with E-state index in [-0.39, 0.29) is 18.0 Å². The number of nitrogens with one attached hydrogen (secondary N) is 2. The number of anilines is 1. The smallest absolute Gasteiger partial charge is 0.303 e. The third-order valence-corrected chi connectivity index (χ3v) is 2.05. The predicted molar refractivity (Wildman–Crippen MR) is 59.5 cm³/mol. The topological polar surface area (TPSA) is 95.1 Å². The Bertz CT molecular complexity index is 428. The molecule has 0 saturated heterocycles. The van der Waals surface area contributed by atoms with Crippen LogP contribution in [0.4, 0.5) is 5.82 Å². The van der Waals surface area contributed by atoms with Gasteiger partial charge in [0.05, 0.1) is 0 Å². The van der Waals surface area contributed by atoms with E-state index in [9.17, 15) is 9.59 Å². The summed E-state index contributed by atoms with van der Waals surface area (Å²) in [5.74, 6) is 0.170. The molecule has 1 aromatic heterocycles. The lowest BCUT2D eigenvalue weighted by Gasteiger charge is -2.13. The Labute approximate surface area is 92.7 Å². The molecule has 1 heterocycles. The van der Waals surface area contributed by atoms with Crippen LogP contribution in [0.1, 0.15) is 25.6 Å². The monoisotopic (exact) mass is 225 g/mol. The number of nitrogens with zero attached hydrogens (tertiary/aromatic N) is 1. The van der Waals surface area contributed by atoms with Crippen molar-refractivity contribution in [2.45, 2.75) is 32.7 Å². The molecule has 88 valence electrons. The molecule has 6 heteroatoms. The van der Waals surface area contributed by atoms with Crippen LogP contribution in [0.15, 0.2) is 10.9 Å². The minimum Gasteiger partial charge on any atom is -0.481 e. The Kier molecular flexibility index (Phi) is 4.04. The number of hydrogen-bond donors (Lipinski definition) is 3. The van der Waals surface area contributed by atoms with Crippen molar-refractivity contribution in [2.24, 2.45) is 0 Å². The van der Waals surface area contributed by atoms with E-state index in [0.717, 1.165) is 0 Å². The molecule has 0 amide bonds. The fourth-order valence-electron chi connectivity index (χ4n) is 1.32. The molecule has 3 N–H and O–H groups in total. The number of H-pyrrole nitrogens is 1. The lowest BCUT2D eigenvalue weighted by atomic mass is 10.2. The molecule has 16 heavy (non-hydrogen) atoms. The lowest BCUT2D eigenvalue weighted by Crippen LogP contribution is -2.20. The Hall–Kier alpha value is -1.85. The van der Waals surface area contributed by atoms with E-state index in [2.05, 4.69) is 15.3 Å². The zero-order chi connectivity index (χ0) is 12.1. The van der Waals surface area contributed by atoms with Crippen LogP contribution >= 0.6 is 0 Å². The molecule has 0 aliphatic carbocycles. The van der Waals surface area contributed by atoms with Crippen molar-refractivity contribution in [2.75, 3.05) is 5.32 Å². The van der Waals surface area contributed by atoms with Crippen LogP contribution in [0.25, 0.3) is 0 Å². The minimum absolute atomic E-state index is 0.0372. The van der Waals surface area contributed by atoms with Gasteiger partial charge in [0.25, 0.3) is 5.56 Å². The van der Waals surface area contributed by atoms with Crippen LogP contribution in [-0.2, 0) is 4.79 Å². The summed E-state index contributed by atoms with van der Waals surface area (Å²) in [6.07, 6.45) is 0.583. The van der Waals surface area contributed by atoms with Crippen molar-refractivity contribution in [1.29, 1.82) is 0 Å². The summed E-state index contributed by atoms with van der Waals surface area (Å²) in [4.78, 5) is 28.1. The van der Waals surface area contributed by atoms with Crippen LogP contribution < -0.4 is 10.9 Å². The SMILES string of the molecule is Cc1nc(NC(C)CCC(=O)O)cc(=O)[nH]1. The molecule has 0 aliphatic rings. The van der Waals surface area contributed by atoms with E-state index in [4.69, 9.17) is 5.11 Å². The molecule has 1 rings (SSSR count). The third-order valence-electron chi connectivity index (χ3n) is 2.05. The standard InChI is InChI=1S/C10H15N3O3/c1-6(3-4-10(15)16)11-8-5-9(14)13-7(2)12-8/h5-6H,3-4H2,1-2H3,(H,15,16)(H2,11,12,13,14). The molecule has 0 radical (unpaired) electrons. The van der Waals surface area contributed by atoms with E-state index in [0.29, 0.717) is 18.1 Å². The molecule has 0 aromatic carbocycles. The molecule has 1 aromatic rings. The second-order valence-corrected chi connectivity index (χ2v) is 3.69. The van der Waals surface area contributed by atoms with Crippen molar-refractivity contribution in [1.82, 2.24) is 9.97 Å². The highest BCUT2D eigenvalue weighted by Crippen LogP contribution is 2.05. The number of aromatic amines is 1. The Morgan fingerprint density at radius 1 is 1.69 bits per heavy atom. The van der Waals surface area contributed by atoms with Crippen molar-refractivity contribution >= 4 is 11.8 Å². The van der Waals surface area contributed by atoms with Gasteiger partial charge in [0.2, 0.25) is 0 Å². The van der Waals surface area contributed by atoms with E-state index < -0.39 is 5.97 Å². The molecular formula is C10H15N3O3. The quantitative estimate of drug-likeness (QED) is 0.687. The highest BCUT2D eigenvalue weighted by molar-refractivity contribution is 5.66. The summed E-state index contributed by atoms with van der Waals surface area (Å²) in [5.41, 5.74) is -0.222. The van der Waals surface area contributed by atoms with E-state index >= 15 is 0 Å². The summed E-state index contributed by atoms with van der Waals surface area (Å²) < 4.78 is 0. The number of aryl methyl sites for hydroxylation is 1. The molecule has 0 aliphatic heterocycles. The average Bonchev–Trinajstić information content (AvgIpc) is 2.12. The van der Waals surface area contributed by atoms with E-state index in [1.165, 1.54) is 6.07 Å². The van der Waals surface area contributed by atoms with Crippen molar-refractivity contribution in [3.63, 3.8) is 0 Å². The van der Waals surface area contributed by atoms with Gasteiger partial charge in [0, 0.05) is 18.5 Å². The Morgan fingerprint density at radius 3 is 2.94 bits per heavy atom. The van der Waals surface area contributed by atoms with Gasteiger partial charge in [0.1, 0.15) is 11.6 Å². The van der Waals surface area contributed by atoms with Gasteiger partial charge in [-0.1, -0.05) is 0 Å². The van der Waals surface area contributed by atoms with Gasteiger partial charge in [0.15, 0.2) is 0 Å². The minimum atomic E-state index is -0.830. The van der Waals surface area contributed by atoms with Gasteiger partial charge in [-0.15, -0.1) is 0 Å². The van der Waals surface area contributed by atoms with Crippen molar-refractivity contribution in [3.05, 3.63) is 22.2 Å². The first-order valence-corrected chi connectivity index (χ1v) is 5.03. The largest absolute Gasteiger partial charge is 0.481 e. The van der Waals surface area contributed by atoms with Crippen LogP contribution in [0.3, 0.4) is 0 Å². The Balaban J connectivity index is 2.58. The second-order valence-electron chi connectivity index (χ2n) is 3.69. The summed E-state index contributed by atoms with van der Waals surface area (Å²) >= 11 is 0. The fourth-order valence-corrected chi connectivity index (χ4v) is 1.32. The number of carboxylic acids is 1. The molecule has 0 bridgehead atoms. The highest BCUT2D eigenvalue weighted by Gasteiger charge is 2.06. The number of hydrogen-bond acceptors (Lipinski definition) is 4. The molecular weight excluding hydrogens is 210 g/mol. The van der Waals surface area contributed by atoms with E-state index in [1.807, 2.05) is 6.92 Å². The van der Waals surface area contributed by atoms with Gasteiger partial charge < -0.3 is 15.4 Å². The van der Waals surface area contributed by atoms with Crippen molar-refractivity contribution in [3.8, 4) is 0 Å². The maximum atomic E-state index is 11.1. The predicted octanol–water partition coefficient (Wildman–Crippen LogP) is 0.744. The number of carboxylic acid groups (broad SMARTS) is 1. The third kappa shape index (κ3) is 4.12. The number of aromatic nitrogens is 2. The summed E-state index contributed by atoms with van der Waals surface area (Å²) in [6.45, 7) is 3.54. The summed E-state index contributed by atoms with van der Waals surface area (Å²) in [7, 11) is 0. The maximum Gasteiger partial charge on any atom is 0.303 e. The first-order valence-electron chi connectivity index (χ1n) is 5.03. The van der Waals surface area contributed by atoms with Crippen LogP contribution in [-0.4, -0.2) is 27.1 Å². The zero-order valence-corrected chi connectivity index (χ0v) is 9.28. The Morgan fingerprint density at radius 2 is 2.38 bits per heavy atom. The van der Waals surface area contributed by atoms with Gasteiger partial charge in [-0.2, -0.15) is 0 Å². The molecule has 6 nitrogen and oxygen atoms in total. The second kappa shape index (κ2) is 5.29. The fraction of sp³-hybridized carbons (Fsp3) is 0.500. The molecule has 1 atom stereocenters. The van der Waals surface area contributed by atoms with Gasteiger partial charge in [-0.05, 0) is 20.3 Å². The van der Waals surface area contributed by atoms with E-state index in [1.54, 1.807) is 6.92 Å². The first-order chi connectivity index (χ1) is 7.47. The normalized spacial score (nSPS) is 12.1. The number of aliphatic carboxylic acids is 1. The van der Waals surface area contributed by atoms with Gasteiger partial charge in [-0.25, -0.2) is 4.98 Å². The maximum absolute atomic E-state index is 11.1. The van der Waals surface area contributed by atoms with Gasteiger partial charge in [-0.3, -0.25) is 9.59 Å². The molecule has 0 fully saturated rings. The highest BCUT2D eigenvalue weighted by atomic mass is 16.4. The van der Waals surface area contributed by atoms with Gasteiger partial charge >= 0.3 is 5.97 Å². The summed E-state index contributed by atoms with van der Waals surface area (Å²) in [5, 5.41) is 11.5. The van der Waals surface area contributed by atoms with Crippen LogP contribution in [0.2, 0.25) is 0 Å². The molecule has 1 unspecified atom stereocenters. The van der Waals surface area contributed by atoms with Crippen LogP contribution in [0, 0.1) is 6.92 Å². The zero-order valence-electron chi connectivity index (χ0n) is 9.28.